The average molecular weight is 369 g/mol. The summed E-state index contributed by atoms with van der Waals surface area (Å²) in [6.07, 6.45) is 0. The second-order valence-corrected chi connectivity index (χ2v) is 6.97. The number of likely N-dealkylation sites (tertiary alicyclic amines) is 1. The zero-order valence-electron chi connectivity index (χ0n) is 15.3. The quantitative estimate of drug-likeness (QED) is 0.874. The predicted octanol–water partition coefficient (Wildman–Crippen LogP) is 2.77. The Labute approximate surface area is 158 Å². The Hall–Kier alpha value is -2.73. The number of carboxylic acids is 1. The van der Waals surface area contributed by atoms with Crippen LogP contribution in [0.2, 0.25) is 0 Å². The van der Waals surface area contributed by atoms with E-state index in [-0.39, 0.29) is 5.92 Å². The number of aliphatic carboxylic acids is 1. The van der Waals surface area contributed by atoms with Gasteiger partial charge in [-0.05, 0) is 29.3 Å². The Morgan fingerprint density at radius 3 is 2.70 bits per heavy atom. The molecule has 0 radical (unpaired) electrons. The van der Waals surface area contributed by atoms with Gasteiger partial charge in [-0.15, -0.1) is 0 Å². The van der Waals surface area contributed by atoms with Crippen molar-refractivity contribution in [3.63, 3.8) is 0 Å². The molecule has 0 spiro atoms. The zero-order chi connectivity index (χ0) is 18.8. The van der Waals surface area contributed by atoms with Crippen LogP contribution in [0, 0.1) is 5.92 Å². The molecule has 4 rings (SSSR count). The molecule has 0 saturated carbocycles. The van der Waals surface area contributed by atoms with Gasteiger partial charge in [0.1, 0.15) is 19.0 Å². The van der Waals surface area contributed by atoms with Crippen LogP contribution in [0.15, 0.2) is 42.5 Å². The number of fused-ring (bicyclic) bond motifs is 1. The molecular weight excluding hydrogens is 346 g/mol. The number of para-hydroxylation sites is 1. The van der Waals surface area contributed by atoms with Crippen molar-refractivity contribution in [1.82, 2.24) is 4.90 Å². The Balaban J connectivity index is 1.54. The highest BCUT2D eigenvalue weighted by Gasteiger charge is 2.39. The molecule has 2 aromatic carbocycles. The van der Waals surface area contributed by atoms with Crippen LogP contribution in [0.1, 0.15) is 17.0 Å². The van der Waals surface area contributed by atoms with E-state index in [0.29, 0.717) is 32.8 Å². The predicted molar refractivity (Wildman–Crippen MR) is 99.6 cm³/mol. The number of benzene rings is 2. The third-order valence-electron chi connectivity index (χ3n) is 5.26. The molecule has 2 aromatic rings. The first kappa shape index (κ1) is 17.7. The summed E-state index contributed by atoms with van der Waals surface area (Å²) in [6, 6.07) is 13.6. The minimum Gasteiger partial charge on any atom is -0.496 e. The molecular formula is C21H23NO5. The van der Waals surface area contributed by atoms with Gasteiger partial charge < -0.3 is 19.3 Å². The number of carboxylic acid groups (broad SMARTS) is 1. The maximum atomic E-state index is 11.9. The highest BCUT2D eigenvalue weighted by Crippen LogP contribution is 2.38. The molecule has 0 aromatic heterocycles. The van der Waals surface area contributed by atoms with E-state index < -0.39 is 11.9 Å². The fourth-order valence-electron chi connectivity index (χ4n) is 4.00. The average Bonchev–Trinajstić information content (AvgIpc) is 3.12. The smallest absolute Gasteiger partial charge is 0.308 e. The van der Waals surface area contributed by atoms with Crippen molar-refractivity contribution < 1.29 is 24.1 Å². The molecule has 0 aliphatic carbocycles. The van der Waals surface area contributed by atoms with Gasteiger partial charge in [0, 0.05) is 25.6 Å². The van der Waals surface area contributed by atoms with Crippen molar-refractivity contribution in [3.8, 4) is 17.2 Å². The molecule has 1 saturated heterocycles. The van der Waals surface area contributed by atoms with Gasteiger partial charge in [0.15, 0.2) is 11.5 Å². The van der Waals surface area contributed by atoms with Gasteiger partial charge in [-0.1, -0.05) is 24.3 Å². The topological polar surface area (TPSA) is 68.2 Å². The molecule has 6 heteroatoms. The molecule has 2 aliphatic heterocycles. The first-order chi connectivity index (χ1) is 13.2. The first-order valence-corrected chi connectivity index (χ1v) is 9.12. The summed E-state index contributed by atoms with van der Waals surface area (Å²) in [5.41, 5.74) is 2.04. The van der Waals surface area contributed by atoms with Crippen LogP contribution in [0.4, 0.5) is 0 Å². The molecule has 0 unspecified atom stereocenters. The monoisotopic (exact) mass is 369 g/mol. The minimum atomic E-state index is -0.768. The van der Waals surface area contributed by atoms with Crippen molar-refractivity contribution in [1.29, 1.82) is 0 Å². The number of carbonyl (C=O) groups is 1. The SMILES string of the molecule is COc1ccccc1[C@@H]1CN(Cc2ccc3c(c2)OCCO3)C[C@H]1C(=O)O. The van der Waals surface area contributed by atoms with Gasteiger partial charge in [0.05, 0.1) is 13.0 Å². The van der Waals surface area contributed by atoms with Crippen LogP contribution < -0.4 is 14.2 Å². The van der Waals surface area contributed by atoms with Crippen LogP contribution in [0.3, 0.4) is 0 Å². The van der Waals surface area contributed by atoms with Gasteiger partial charge in [-0.2, -0.15) is 0 Å². The number of rotatable bonds is 5. The number of nitrogens with zero attached hydrogens (tertiary/aromatic N) is 1. The Morgan fingerprint density at radius 1 is 1.15 bits per heavy atom. The summed E-state index contributed by atoms with van der Waals surface area (Å²) in [5, 5.41) is 9.75. The maximum Gasteiger partial charge on any atom is 0.308 e. The van der Waals surface area contributed by atoms with Gasteiger partial charge in [-0.25, -0.2) is 0 Å². The summed E-state index contributed by atoms with van der Waals surface area (Å²) < 4.78 is 16.7. The van der Waals surface area contributed by atoms with E-state index in [2.05, 4.69) is 4.90 Å². The molecule has 2 aliphatic rings. The fraction of sp³-hybridized carbons (Fsp3) is 0.381. The van der Waals surface area contributed by atoms with Crippen molar-refractivity contribution in [2.45, 2.75) is 12.5 Å². The number of methoxy groups -OCH3 is 1. The largest absolute Gasteiger partial charge is 0.496 e. The Bertz CT molecular complexity index is 837. The normalized spacial score (nSPS) is 21.8. The second kappa shape index (κ2) is 7.48. The van der Waals surface area contributed by atoms with Gasteiger partial charge in [0.2, 0.25) is 0 Å². The standard InChI is InChI=1S/C21H23NO5/c1-25-18-5-3-2-4-15(18)16-12-22(13-17(16)21(23)24)11-14-6-7-19-20(10-14)27-9-8-26-19/h2-7,10,16-17H,8-9,11-13H2,1H3,(H,23,24)/t16-,17+/m0/s1. The van der Waals surface area contributed by atoms with Gasteiger partial charge >= 0.3 is 5.97 Å². The van der Waals surface area contributed by atoms with E-state index in [4.69, 9.17) is 14.2 Å². The number of hydrogen-bond acceptors (Lipinski definition) is 5. The Kier molecular flexibility index (Phi) is 4.90. The highest BCUT2D eigenvalue weighted by atomic mass is 16.6. The van der Waals surface area contributed by atoms with Crippen LogP contribution in [0.5, 0.6) is 17.2 Å². The van der Waals surface area contributed by atoms with Crippen molar-refractivity contribution in [3.05, 3.63) is 53.6 Å². The molecule has 0 amide bonds. The highest BCUT2D eigenvalue weighted by molar-refractivity contribution is 5.72. The van der Waals surface area contributed by atoms with E-state index in [1.807, 2.05) is 42.5 Å². The van der Waals surface area contributed by atoms with Crippen molar-refractivity contribution in [2.24, 2.45) is 5.92 Å². The van der Waals surface area contributed by atoms with E-state index in [0.717, 1.165) is 28.4 Å². The van der Waals surface area contributed by atoms with Gasteiger partial charge in [-0.3, -0.25) is 9.69 Å². The summed E-state index contributed by atoms with van der Waals surface area (Å²) in [4.78, 5) is 14.1. The molecule has 2 atom stereocenters. The number of hydrogen-bond donors (Lipinski definition) is 1. The molecule has 27 heavy (non-hydrogen) atoms. The molecule has 6 nitrogen and oxygen atoms in total. The molecule has 2 heterocycles. The van der Waals surface area contributed by atoms with Crippen LogP contribution in [-0.4, -0.2) is 49.4 Å². The van der Waals surface area contributed by atoms with Crippen LogP contribution in [-0.2, 0) is 11.3 Å². The third kappa shape index (κ3) is 3.57. The van der Waals surface area contributed by atoms with E-state index in [9.17, 15) is 9.90 Å². The van der Waals surface area contributed by atoms with E-state index >= 15 is 0 Å². The first-order valence-electron chi connectivity index (χ1n) is 9.12. The fourth-order valence-corrected chi connectivity index (χ4v) is 4.00. The van der Waals surface area contributed by atoms with E-state index in [1.165, 1.54) is 0 Å². The zero-order valence-corrected chi connectivity index (χ0v) is 15.3. The number of ether oxygens (including phenoxy) is 3. The molecule has 1 fully saturated rings. The Morgan fingerprint density at radius 2 is 1.93 bits per heavy atom. The van der Waals surface area contributed by atoms with Crippen molar-refractivity contribution in [2.75, 3.05) is 33.4 Å². The van der Waals surface area contributed by atoms with Crippen molar-refractivity contribution >= 4 is 5.97 Å². The lowest BCUT2D eigenvalue weighted by atomic mass is 9.88. The molecule has 142 valence electrons. The van der Waals surface area contributed by atoms with Crippen LogP contribution in [0.25, 0.3) is 0 Å². The minimum absolute atomic E-state index is 0.101. The summed E-state index contributed by atoms with van der Waals surface area (Å²) >= 11 is 0. The summed E-state index contributed by atoms with van der Waals surface area (Å²) in [7, 11) is 1.62. The molecule has 1 N–H and O–H groups in total. The lowest BCUT2D eigenvalue weighted by Gasteiger charge is -2.21. The third-order valence-corrected chi connectivity index (χ3v) is 5.26. The summed E-state index contributed by atoms with van der Waals surface area (Å²) in [6.45, 7) is 2.97. The lowest BCUT2D eigenvalue weighted by Crippen LogP contribution is -2.23. The van der Waals surface area contributed by atoms with E-state index in [1.54, 1.807) is 7.11 Å². The molecule has 0 bridgehead atoms. The second-order valence-electron chi connectivity index (χ2n) is 6.97. The maximum absolute atomic E-state index is 11.9. The van der Waals surface area contributed by atoms with Gasteiger partial charge in [0.25, 0.3) is 0 Å². The lowest BCUT2D eigenvalue weighted by molar-refractivity contribution is -0.141. The van der Waals surface area contributed by atoms with Crippen LogP contribution >= 0.6 is 0 Å². The summed E-state index contributed by atoms with van der Waals surface area (Å²) in [5.74, 6) is 0.940.